The van der Waals surface area contributed by atoms with Crippen LogP contribution in [0, 0.1) is 0 Å². The van der Waals surface area contributed by atoms with Crippen molar-refractivity contribution < 1.29 is 9.90 Å². The third kappa shape index (κ3) is 1.87. The fraction of sp³-hybridized carbons (Fsp3) is 0.250. The van der Waals surface area contributed by atoms with Gasteiger partial charge in [-0.25, -0.2) is 0 Å². The number of hydrogen-bond acceptors (Lipinski definition) is 4. The van der Waals surface area contributed by atoms with E-state index in [4.69, 9.17) is 10.8 Å². The maximum atomic E-state index is 11.2. The minimum atomic E-state index is -1.10. The number of carbonyl (C=O) groups excluding carboxylic acids is 1. The van der Waals surface area contributed by atoms with Gasteiger partial charge in [-0.05, 0) is 12.1 Å². The van der Waals surface area contributed by atoms with E-state index < -0.39 is 6.10 Å². The van der Waals surface area contributed by atoms with Crippen LogP contribution in [0.4, 0.5) is 0 Å². The van der Waals surface area contributed by atoms with E-state index in [1.54, 1.807) is 12.1 Å². The SMILES string of the molecule is NCC(O)C(=O)c1ccncc1. The van der Waals surface area contributed by atoms with Crippen molar-refractivity contribution in [1.82, 2.24) is 4.98 Å². The summed E-state index contributed by atoms with van der Waals surface area (Å²) in [5, 5.41) is 9.08. The van der Waals surface area contributed by atoms with Crippen LogP contribution in [-0.2, 0) is 0 Å². The standard InChI is InChI=1S/C8H10N2O2/c9-5-7(11)8(12)6-1-3-10-4-2-6/h1-4,7,11H,5,9H2. The Morgan fingerprint density at radius 3 is 2.67 bits per heavy atom. The van der Waals surface area contributed by atoms with Crippen molar-refractivity contribution in [2.45, 2.75) is 6.10 Å². The van der Waals surface area contributed by atoms with Gasteiger partial charge in [-0.1, -0.05) is 0 Å². The van der Waals surface area contributed by atoms with Gasteiger partial charge in [-0.15, -0.1) is 0 Å². The Morgan fingerprint density at radius 1 is 1.58 bits per heavy atom. The molecule has 0 saturated heterocycles. The summed E-state index contributed by atoms with van der Waals surface area (Å²) in [7, 11) is 0. The van der Waals surface area contributed by atoms with Crippen LogP contribution >= 0.6 is 0 Å². The van der Waals surface area contributed by atoms with Crippen LogP contribution < -0.4 is 5.73 Å². The minimum absolute atomic E-state index is 0.0544. The van der Waals surface area contributed by atoms with Gasteiger partial charge in [-0.3, -0.25) is 9.78 Å². The minimum Gasteiger partial charge on any atom is -0.384 e. The Hall–Kier alpha value is -1.26. The Morgan fingerprint density at radius 2 is 2.17 bits per heavy atom. The van der Waals surface area contributed by atoms with E-state index in [0.29, 0.717) is 5.56 Å². The molecule has 64 valence electrons. The highest BCUT2D eigenvalue weighted by Crippen LogP contribution is 2.00. The first kappa shape index (κ1) is 8.83. The lowest BCUT2D eigenvalue weighted by atomic mass is 10.1. The maximum Gasteiger partial charge on any atom is 0.192 e. The van der Waals surface area contributed by atoms with Crippen molar-refractivity contribution in [2.24, 2.45) is 5.73 Å². The van der Waals surface area contributed by atoms with Gasteiger partial charge in [0.15, 0.2) is 5.78 Å². The molecule has 12 heavy (non-hydrogen) atoms. The number of pyridine rings is 1. The fourth-order valence-corrected chi connectivity index (χ4v) is 0.816. The molecule has 0 saturated carbocycles. The number of carbonyl (C=O) groups is 1. The third-order valence-corrected chi connectivity index (χ3v) is 1.49. The smallest absolute Gasteiger partial charge is 0.192 e. The molecule has 1 unspecified atom stereocenters. The second-order valence-corrected chi connectivity index (χ2v) is 2.35. The molecule has 0 radical (unpaired) electrons. The van der Waals surface area contributed by atoms with Crippen LogP contribution in [0.25, 0.3) is 0 Å². The Balaban J connectivity index is 2.79. The Bertz CT molecular complexity index is 261. The molecule has 1 atom stereocenters. The van der Waals surface area contributed by atoms with Crippen LogP contribution in [0.3, 0.4) is 0 Å². The second-order valence-electron chi connectivity index (χ2n) is 2.35. The topological polar surface area (TPSA) is 76.2 Å². The van der Waals surface area contributed by atoms with E-state index in [-0.39, 0.29) is 12.3 Å². The van der Waals surface area contributed by atoms with Crippen LogP contribution in [0.5, 0.6) is 0 Å². The lowest BCUT2D eigenvalue weighted by Crippen LogP contribution is -2.29. The number of nitrogens with zero attached hydrogens (tertiary/aromatic N) is 1. The summed E-state index contributed by atoms with van der Waals surface area (Å²) < 4.78 is 0. The average molecular weight is 166 g/mol. The molecule has 1 rings (SSSR count). The van der Waals surface area contributed by atoms with Gasteiger partial charge in [0.25, 0.3) is 0 Å². The first-order chi connectivity index (χ1) is 5.75. The molecule has 0 spiro atoms. The molecule has 0 amide bonds. The van der Waals surface area contributed by atoms with Crippen molar-refractivity contribution in [2.75, 3.05) is 6.54 Å². The third-order valence-electron chi connectivity index (χ3n) is 1.49. The van der Waals surface area contributed by atoms with Crippen molar-refractivity contribution >= 4 is 5.78 Å². The van der Waals surface area contributed by atoms with Gasteiger partial charge in [0.2, 0.25) is 0 Å². The van der Waals surface area contributed by atoms with E-state index >= 15 is 0 Å². The molecular weight excluding hydrogens is 156 g/mol. The maximum absolute atomic E-state index is 11.2. The monoisotopic (exact) mass is 166 g/mol. The summed E-state index contributed by atoms with van der Waals surface area (Å²) >= 11 is 0. The van der Waals surface area contributed by atoms with E-state index in [1.807, 2.05) is 0 Å². The number of ketones is 1. The second kappa shape index (κ2) is 3.94. The molecule has 1 aromatic heterocycles. The number of aliphatic hydroxyl groups excluding tert-OH is 1. The van der Waals surface area contributed by atoms with E-state index in [1.165, 1.54) is 12.4 Å². The number of hydrogen-bond donors (Lipinski definition) is 2. The largest absolute Gasteiger partial charge is 0.384 e. The van der Waals surface area contributed by atoms with Gasteiger partial charge in [0.1, 0.15) is 6.10 Å². The average Bonchev–Trinajstić information content (AvgIpc) is 2.17. The summed E-state index contributed by atoms with van der Waals surface area (Å²) in [6.07, 6.45) is 1.89. The van der Waals surface area contributed by atoms with E-state index in [9.17, 15) is 4.79 Å². The van der Waals surface area contributed by atoms with Gasteiger partial charge in [0.05, 0.1) is 0 Å². The van der Waals surface area contributed by atoms with Crippen molar-refractivity contribution in [3.63, 3.8) is 0 Å². The Labute approximate surface area is 70.0 Å². The van der Waals surface area contributed by atoms with Gasteiger partial charge < -0.3 is 10.8 Å². The van der Waals surface area contributed by atoms with E-state index in [0.717, 1.165) is 0 Å². The highest BCUT2D eigenvalue weighted by atomic mass is 16.3. The number of rotatable bonds is 3. The molecule has 4 nitrogen and oxygen atoms in total. The van der Waals surface area contributed by atoms with E-state index in [2.05, 4.69) is 4.98 Å². The quantitative estimate of drug-likeness (QED) is 0.598. The normalized spacial score (nSPS) is 12.5. The Kier molecular flexibility index (Phi) is 2.90. The molecule has 0 aromatic carbocycles. The van der Waals surface area contributed by atoms with Crippen molar-refractivity contribution in [1.29, 1.82) is 0 Å². The first-order valence-corrected chi connectivity index (χ1v) is 3.58. The predicted molar refractivity (Wildman–Crippen MR) is 43.6 cm³/mol. The summed E-state index contributed by atoms with van der Waals surface area (Å²) in [5.74, 6) is -0.361. The molecule has 0 aliphatic carbocycles. The number of aliphatic hydroxyl groups is 1. The molecular formula is C8H10N2O2. The number of aromatic nitrogens is 1. The predicted octanol–water partition coefficient (Wildman–Crippen LogP) is -0.416. The zero-order valence-corrected chi connectivity index (χ0v) is 6.47. The van der Waals surface area contributed by atoms with Crippen molar-refractivity contribution in [3.8, 4) is 0 Å². The molecule has 1 heterocycles. The lowest BCUT2D eigenvalue weighted by Gasteiger charge is -2.04. The summed E-state index contributed by atoms with van der Waals surface area (Å²) in [4.78, 5) is 15.0. The molecule has 1 aromatic rings. The van der Waals surface area contributed by atoms with Gasteiger partial charge in [0, 0.05) is 24.5 Å². The zero-order chi connectivity index (χ0) is 8.97. The summed E-state index contributed by atoms with van der Waals surface area (Å²) in [6, 6.07) is 3.09. The van der Waals surface area contributed by atoms with Crippen LogP contribution in [0.15, 0.2) is 24.5 Å². The lowest BCUT2D eigenvalue weighted by molar-refractivity contribution is 0.0763. The van der Waals surface area contributed by atoms with Gasteiger partial charge in [-0.2, -0.15) is 0 Å². The molecule has 4 heteroatoms. The van der Waals surface area contributed by atoms with Gasteiger partial charge >= 0.3 is 0 Å². The van der Waals surface area contributed by atoms with Crippen LogP contribution in [-0.4, -0.2) is 28.5 Å². The molecule has 0 aliphatic rings. The zero-order valence-electron chi connectivity index (χ0n) is 6.47. The van der Waals surface area contributed by atoms with Crippen molar-refractivity contribution in [3.05, 3.63) is 30.1 Å². The molecule has 0 aliphatic heterocycles. The van der Waals surface area contributed by atoms with Crippen LogP contribution in [0.1, 0.15) is 10.4 Å². The number of Topliss-reactive ketones (excluding diaryl/α,β-unsaturated/α-hetero) is 1. The summed E-state index contributed by atoms with van der Waals surface area (Å²) in [6.45, 7) is -0.0544. The summed E-state index contributed by atoms with van der Waals surface area (Å²) in [5.41, 5.74) is 5.56. The molecule has 0 fully saturated rings. The first-order valence-electron chi connectivity index (χ1n) is 3.58. The van der Waals surface area contributed by atoms with Crippen LogP contribution in [0.2, 0.25) is 0 Å². The molecule has 0 bridgehead atoms. The number of nitrogens with two attached hydrogens (primary N) is 1. The molecule has 3 N–H and O–H groups in total. The fourth-order valence-electron chi connectivity index (χ4n) is 0.816. The highest BCUT2D eigenvalue weighted by molar-refractivity contribution is 5.99. The highest BCUT2D eigenvalue weighted by Gasteiger charge is 2.14.